The Kier molecular flexibility index (Phi) is 4.71. The van der Waals surface area contributed by atoms with E-state index in [1.54, 1.807) is 24.3 Å². The topological polar surface area (TPSA) is 75.9 Å². The summed E-state index contributed by atoms with van der Waals surface area (Å²) in [4.78, 5) is 8.48. The molecule has 4 N–H and O–H groups in total. The lowest BCUT2D eigenvalue weighted by atomic mass is 10.3. The van der Waals surface area contributed by atoms with Crippen molar-refractivity contribution in [1.29, 1.82) is 0 Å². The van der Waals surface area contributed by atoms with Crippen LogP contribution in [-0.4, -0.2) is 16.2 Å². The second kappa shape index (κ2) is 6.29. The fourth-order valence-corrected chi connectivity index (χ4v) is 2.10. The molecule has 0 aliphatic carbocycles. The van der Waals surface area contributed by atoms with E-state index in [0.717, 1.165) is 0 Å². The Morgan fingerprint density at radius 1 is 1.16 bits per heavy atom. The lowest BCUT2D eigenvalue weighted by molar-refractivity contribution is 0.971. The zero-order valence-corrected chi connectivity index (χ0v) is 12.3. The summed E-state index contributed by atoms with van der Waals surface area (Å²) in [5.74, 6) is 6.46. The number of nitrogens with zero attached hydrogens (tertiary/aromatic N) is 2. The number of anilines is 3. The quantitative estimate of drug-likeness (QED) is 0.347. The summed E-state index contributed by atoms with van der Waals surface area (Å²) in [5.41, 5.74) is 3.16. The van der Waals surface area contributed by atoms with Crippen molar-refractivity contribution in [1.82, 2.24) is 9.97 Å². The third kappa shape index (κ3) is 3.63. The van der Waals surface area contributed by atoms with Crippen LogP contribution in [-0.2, 0) is 0 Å². The number of thioether (sulfide) groups is 1. The molecule has 2 rings (SSSR count). The second-order valence-electron chi connectivity index (χ2n) is 3.52. The Morgan fingerprint density at radius 2 is 1.89 bits per heavy atom. The Labute approximate surface area is 124 Å². The molecule has 19 heavy (non-hydrogen) atoms. The van der Waals surface area contributed by atoms with Gasteiger partial charge in [0, 0.05) is 11.1 Å². The summed E-state index contributed by atoms with van der Waals surface area (Å²) >= 11 is 13.4. The molecule has 0 aliphatic heterocycles. The van der Waals surface area contributed by atoms with Crippen LogP contribution in [0.4, 0.5) is 17.3 Å². The van der Waals surface area contributed by atoms with E-state index in [4.69, 9.17) is 29.0 Å². The average molecular weight is 316 g/mol. The summed E-state index contributed by atoms with van der Waals surface area (Å²) in [5, 5.41) is 4.82. The van der Waals surface area contributed by atoms with Gasteiger partial charge in [0.05, 0.1) is 10.7 Å². The van der Waals surface area contributed by atoms with Crippen LogP contribution in [0.2, 0.25) is 10.0 Å². The molecule has 0 fully saturated rings. The van der Waals surface area contributed by atoms with Crippen molar-refractivity contribution in [2.45, 2.75) is 5.16 Å². The Balaban J connectivity index is 2.34. The molecule has 1 heterocycles. The van der Waals surface area contributed by atoms with Crippen LogP contribution in [0.3, 0.4) is 0 Å². The third-order valence-corrected chi connectivity index (χ3v) is 3.34. The first-order valence-corrected chi connectivity index (χ1v) is 7.22. The summed E-state index contributed by atoms with van der Waals surface area (Å²) < 4.78 is 0. The largest absolute Gasteiger partial charge is 0.339 e. The lowest BCUT2D eigenvalue weighted by Crippen LogP contribution is -2.10. The van der Waals surface area contributed by atoms with Crippen molar-refractivity contribution in [3.05, 3.63) is 34.3 Å². The van der Waals surface area contributed by atoms with E-state index in [2.05, 4.69) is 20.7 Å². The molecule has 0 bridgehead atoms. The molecule has 0 saturated heterocycles. The number of hydrogen-bond acceptors (Lipinski definition) is 6. The number of hydrazine groups is 1. The van der Waals surface area contributed by atoms with Crippen molar-refractivity contribution in [2.24, 2.45) is 5.84 Å². The number of nitrogen functional groups attached to an aromatic ring is 1. The van der Waals surface area contributed by atoms with E-state index < -0.39 is 0 Å². The molecular weight excluding hydrogens is 305 g/mol. The maximum absolute atomic E-state index is 6.08. The van der Waals surface area contributed by atoms with Gasteiger partial charge in [-0.15, -0.1) is 0 Å². The minimum Gasteiger partial charge on any atom is -0.339 e. The number of aromatic nitrogens is 2. The van der Waals surface area contributed by atoms with Crippen molar-refractivity contribution < 1.29 is 0 Å². The van der Waals surface area contributed by atoms with E-state index in [9.17, 15) is 0 Å². The first-order valence-electron chi connectivity index (χ1n) is 5.24. The minimum absolute atomic E-state index is 0.514. The maximum atomic E-state index is 6.08. The van der Waals surface area contributed by atoms with Crippen LogP contribution in [0.25, 0.3) is 0 Å². The molecule has 0 amide bonds. The second-order valence-corrected chi connectivity index (χ2v) is 5.14. The number of nitrogens with one attached hydrogen (secondary N) is 2. The van der Waals surface area contributed by atoms with Crippen LogP contribution in [0, 0.1) is 0 Å². The zero-order valence-electron chi connectivity index (χ0n) is 9.95. The molecule has 5 nitrogen and oxygen atoms in total. The van der Waals surface area contributed by atoms with Gasteiger partial charge >= 0.3 is 0 Å². The molecule has 100 valence electrons. The summed E-state index contributed by atoms with van der Waals surface area (Å²) in [6.45, 7) is 0. The average Bonchev–Trinajstić information content (AvgIpc) is 2.42. The van der Waals surface area contributed by atoms with Crippen molar-refractivity contribution in [3.8, 4) is 0 Å². The Hall–Kier alpha value is -1.21. The molecular formula is C11H11Cl2N5S. The van der Waals surface area contributed by atoms with E-state index in [1.165, 1.54) is 11.8 Å². The highest BCUT2D eigenvalue weighted by Gasteiger charge is 2.06. The molecule has 8 heteroatoms. The minimum atomic E-state index is 0.514. The van der Waals surface area contributed by atoms with Crippen molar-refractivity contribution in [3.63, 3.8) is 0 Å². The molecule has 0 unspecified atom stereocenters. The van der Waals surface area contributed by atoms with Gasteiger partial charge in [-0.3, -0.25) is 0 Å². The smallest absolute Gasteiger partial charge is 0.191 e. The molecule has 0 aliphatic rings. The molecule has 2 aromatic rings. The maximum Gasteiger partial charge on any atom is 0.191 e. The van der Waals surface area contributed by atoms with Gasteiger partial charge in [-0.2, -0.15) is 0 Å². The first-order chi connectivity index (χ1) is 9.12. The van der Waals surface area contributed by atoms with Crippen LogP contribution >= 0.6 is 35.0 Å². The SMILES string of the molecule is CSc1nc(NN)cc(Nc2cc(Cl)ccc2Cl)n1. The predicted molar refractivity (Wildman–Crippen MR) is 81.4 cm³/mol. The van der Waals surface area contributed by atoms with Crippen LogP contribution in [0.1, 0.15) is 0 Å². The fourth-order valence-electron chi connectivity index (χ4n) is 1.39. The number of halogens is 2. The Bertz CT molecular complexity index is 571. The molecule has 1 aromatic heterocycles. The van der Waals surface area contributed by atoms with Gasteiger partial charge in [0.25, 0.3) is 0 Å². The highest BCUT2D eigenvalue weighted by molar-refractivity contribution is 7.98. The highest BCUT2D eigenvalue weighted by Crippen LogP contribution is 2.28. The summed E-state index contributed by atoms with van der Waals surface area (Å²) in [6.07, 6.45) is 1.88. The third-order valence-electron chi connectivity index (χ3n) is 2.23. The fraction of sp³-hybridized carbons (Fsp3) is 0.0909. The van der Waals surface area contributed by atoms with Gasteiger partial charge in [0.15, 0.2) is 5.16 Å². The van der Waals surface area contributed by atoms with Gasteiger partial charge < -0.3 is 10.7 Å². The highest BCUT2D eigenvalue weighted by atomic mass is 35.5. The number of hydrogen-bond donors (Lipinski definition) is 3. The van der Waals surface area contributed by atoms with Crippen molar-refractivity contribution in [2.75, 3.05) is 17.0 Å². The molecule has 0 spiro atoms. The number of nitrogens with two attached hydrogens (primary N) is 1. The van der Waals surface area contributed by atoms with Crippen LogP contribution in [0.15, 0.2) is 29.4 Å². The molecule has 0 radical (unpaired) electrons. The predicted octanol–water partition coefficient (Wildman–Crippen LogP) is 3.53. The number of benzene rings is 1. The van der Waals surface area contributed by atoms with Crippen LogP contribution < -0.4 is 16.6 Å². The summed E-state index contributed by atoms with van der Waals surface area (Å²) in [7, 11) is 0. The first kappa shape index (κ1) is 14.2. The monoisotopic (exact) mass is 315 g/mol. The van der Waals surface area contributed by atoms with Gasteiger partial charge in [0.1, 0.15) is 11.6 Å². The Morgan fingerprint density at radius 3 is 2.58 bits per heavy atom. The van der Waals surface area contributed by atoms with Gasteiger partial charge in [0.2, 0.25) is 0 Å². The zero-order chi connectivity index (χ0) is 13.8. The van der Waals surface area contributed by atoms with E-state index in [-0.39, 0.29) is 0 Å². The number of rotatable bonds is 4. The van der Waals surface area contributed by atoms with Crippen molar-refractivity contribution >= 4 is 52.3 Å². The van der Waals surface area contributed by atoms with E-state index in [1.807, 2.05) is 6.26 Å². The molecule has 1 aromatic carbocycles. The standard InChI is InChI=1S/C11H11Cl2N5S/c1-19-11-16-9(5-10(17-11)18-14)15-8-4-6(12)2-3-7(8)13/h2-5H,14H2,1H3,(H2,15,16,17,18). The van der Waals surface area contributed by atoms with Gasteiger partial charge in [-0.25, -0.2) is 15.8 Å². The van der Waals surface area contributed by atoms with Gasteiger partial charge in [-0.1, -0.05) is 35.0 Å². The van der Waals surface area contributed by atoms with E-state index >= 15 is 0 Å². The molecule has 0 saturated carbocycles. The van der Waals surface area contributed by atoms with E-state index in [0.29, 0.717) is 32.5 Å². The summed E-state index contributed by atoms with van der Waals surface area (Å²) in [6, 6.07) is 6.83. The molecule has 0 atom stereocenters. The lowest BCUT2D eigenvalue weighted by Gasteiger charge is -2.10. The van der Waals surface area contributed by atoms with Gasteiger partial charge in [-0.05, 0) is 24.5 Å². The normalized spacial score (nSPS) is 10.3. The van der Waals surface area contributed by atoms with Crippen LogP contribution in [0.5, 0.6) is 0 Å².